The lowest BCUT2D eigenvalue weighted by Crippen LogP contribution is -2.62. The number of hydrogen-bond donors (Lipinski definition) is 18. The SMILES string of the molecule is C/C=C1/NC(=O)[C@H]([C@H](C)O)NC(=O)[C@H](CCN)NC(=O)[C@H](CCCCN)NC(=O)[C@H](CC(=O)O)NC(=O)[C@@H](CCN)NC(=O)[C@@H](NC(=O)C[C@@H](O)CCCCCCCCCCCCC)COC(=O)[C@H]([C@H](O)CCl)NC(=O)[C@H]([C@H](O)C(=O)O)NC1=O. The summed E-state index contributed by atoms with van der Waals surface area (Å²) in [5, 5.41) is 82.3. The zero-order valence-corrected chi connectivity index (χ0v) is 49.3. The smallest absolute Gasteiger partial charge is 0.335 e. The summed E-state index contributed by atoms with van der Waals surface area (Å²) in [5.41, 5.74) is 16.4. The summed E-state index contributed by atoms with van der Waals surface area (Å²) in [6.07, 6.45) is 2.18. The topological polar surface area (TPSA) is 522 Å². The van der Waals surface area contributed by atoms with Crippen molar-refractivity contribution < 1.29 is 92.9 Å². The number of carboxylic acid groups (broad SMARTS) is 2. The van der Waals surface area contributed by atoms with Crippen LogP contribution in [0.15, 0.2) is 11.8 Å². The fraction of sp³-hybridized carbons (Fsp3) is 0.736. The molecule has 0 aliphatic carbocycles. The summed E-state index contributed by atoms with van der Waals surface area (Å²) in [7, 11) is 0. The first-order valence-electron chi connectivity index (χ1n) is 28.7. The van der Waals surface area contributed by atoms with Crippen molar-refractivity contribution in [3.8, 4) is 0 Å². The Morgan fingerprint density at radius 2 is 1.11 bits per heavy atom. The Labute approximate surface area is 498 Å². The molecule has 1 aliphatic heterocycles. The van der Waals surface area contributed by atoms with Gasteiger partial charge in [-0.2, -0.15) is 0 Å². The Bertz CT molecular complexity index is 2230. The van der Waals surface area contributed by atoms with E-state index < -0.39 is 181 Å². The number of cyclic esters (lactones) is 1. The lowest BCUT2D eigenvalue weighted by Gasteiger charge is -2.28. The number of amides is 9. The van der Waals surface area contributed by atoms with Crippen molar-refractivity contribution >= 4 is 82.7 Å². The van der Waals surface area contributed by atoms with Gasteiger partial charge >= 0.3 is 17.9 Å². The van der Waals surface area contributed by atoms with Gasteiger partial charge in [0.05, 0.1) is 37.0 Å². The molecule has 0 unspecified atom stereocenters. The molecule has 1 aliphatic rings. The molecule has 31 nitrogen and oxygen atoms in total. The van der Waals surface area contributed by atoms with Gasteiger partial charge < -0.3 is 100 Å². The number of carbonyl (C=O) groups is 12. The van der Waals surface area contributed by atoms with Crippen molar-refractivity contribution in [2.24, 2.45) is 17.2 Å². The molecule has 21 N–H and O–H groups in total. The zero-order chi connectivity index (χ0) is 64.2. The quantitative estimate of drug-likeness (QED) is 0.0140. The number of unbranched alkanes of at least 4 members (excludes halogenated alkanes) is 11. The molecule has 85 heavy (non-hydrogen) atoms. The second kappa shape index (κ2) is 42.2. The molecule has 1 saturated heterocycles. The maximum Gasteiger partial charge on any atom is 0.335 e. The Morgan fingerprint density at radius 3 is 1.60 bits per heavy atom. The van der Waals surface area contributed by atoms with Gasteiger partial charge in [-0.15, -0.1) is 11.6 Å². The molecule has 0 aromatic rings. The number of allylic oxidation sites excluding steroid dienone is 1. The molecule has 484 valence electrons. The number of nitrogens with two attached hydrogens (primary N) is 3. The second-order valence-corrected chi connectivity index (χ2v) is 20.9. The molecule has 0 radical (unpaired) electrons. The van der Waals surface area contributed by atoms with Gasteiger partial charge in [-0.25, -0.2) is 9.59 Å². The first kappa shape index (κ1) is 76.4. The van der Waals surface area contributed by atoms with Gasteiger partial charge in [0.25, 0.3) is 5.91 Å². The van der Waals surface area contributed by atoms with Crippen LogP contribution in [-0.4, -0.2) is 207 Å². The van der Waals surface area contributed by atoms with Gasteiger partial charge in [0.1, 0.15) is 54.6 Å². The van der Waals surface area contributed by atoms with Gasteiger partial charge in [-0.1, -0.05) is 83.6 Å². The molecule has 12 atom stereocenters. The molecule has 0 aromatic heterocycles. The van der Waals surface area contributed by atoms with Gasteiger partial charge in [0.15, 0.2) is 12.1 Å². The number of ether oxygens (including phenoxy) is 1. The van der Waals surface area contributed by atoms with E-state index >= 15 is 0 Å². The summed E-state index contributed by atoms with van der Waals surface area (Å²) in [4.78, 5) is 163. The van der Waals surface area contributed by atoms with Crippen LogP contribution in [0.4, 0.5) is 0 Å². The van der Waals surface area contributed by atoms with E-state index in [-0.39, 0.29) is 45.3 Å². The highest BCUT2D eigenvalue weighted by atomic mass is 35.5. The number of aliphatic carboxylic acids is 2. The summed E-state index contributed by atoms with van der Waals surface area (Å²) < 4.78 is 5.28. The highest BCUT2D eigenvalue weighted by molar-refractivity contribution is 6.18. The van der Waals surface area contributed by atoms with E-state index in [9.17, 15) is 88.2 Å². The summed E-state index contributed by atoms with van der Waals surface area (Å²) >= 11 is 5.86. The molecule has 1 heterocycles. The number of halogens is 1. The van der Waals surface area contributed by atoms with Crippen molar-refractivity contribution in [3.05, 3.63) is 11.8 Å². The minimum absolute atomic E-state index is 0.123. The van der Waals surface area contributed by atoms with E-state index in [4.69, 9.17) is 33.5 Å². The second-order valence-electron chi connectivity index (χ2n) is 20.6. The number of rotatable bonds is 30. The Morgan fingerprint density at radius 1 is 0.612 bits per heavy atom. The fourth-order valence-electron chi connectivity index (χ4n) is 8.58. The van der Waals surface area contributed by atoms with E-state index in [1.807, 2.05) is 10.6 Å². The minimum Gasteiger partial charge on any atom is -0.481 e. The number of hydrogen-bond acceptors (Lipinski definition) is 20. The van der Waals surface area contributed by atoms with Crippen LogP contribution >= 0.6 is 11.6 Å². The van der Waals surface area contributed by atoms with Gasteiger partial charge in [0.2, 0.25) is 47.3 Å². The molecule has 1 rings (SSSR count). The highest BCUT2D eigenvalue weighted by Crippen LogP contribution is 2.15. The number of aliphatic hydroxyl groups excluding tert-OH is 4. The number of aliphatic hydroxyl groups is 4. The zero-order valence-electron chi connectivity index (χ0n) is 48.6. The fourth-order valence-corrected chi connectivity index (χ4v) is 8.76. The number of carboxylic acids is 2. The number of alkyl halides is 1. The first-order chi connectivity index (χ1) is 40.3. The number of carbonyl (C=O) groups excluding carboxylic acids is 10. The minimum atomic E-state index is -2.83. The first-order valence-corrected chi connectivity index (χ1v) is 29.2. The van der Waals surface area contributed by atoms with Crippen LogP contribution in [0.2, 0.25) is 0 Å². The lowest BCUT2D eigenvalue weighted by atomic mass is 10.0. The number of nitrogens with one attached hydrogen (secondary N) is 9. The van der Waals surface area contributed by atoms with Crippen LogP contribution in [0.1, 0.15) is 143 Å². The van der Waals surface area contributed by atoms with E-state index in [0.717, 1.165) is 57.9 Å². The van der Waals surface area contributed by atoms with Crippen LogP contribution in [0.3, 0.4) is 0 Å². The molecular weight excluding hydrogens is 1140 g/mol. The predicted molar refractivity (Wildman–Crippen MR) is 305 cm³/mol. The lowest BCUT2D eigenvalue weighted by molar-refractivity contribution is -0.155. The average molecular weight is 1240 g/mol. The van der Waals surface area contributed by atoms with E-state index in [1.165, 1.54) is 26.2 Å². The molecule has 1 fully saturated rings. The van der Waals surface area contributed by atoms with Crippen molar-refractivity contribution in [2.45, 2.75) is 216 Å². The van der Waals surface area contributed by atoms with Crippen LogP contribution in [0, 0.1) is 0 Å². The number of esters is 1. The predicted octanol–water partition coefficient (Wildman–Crippen LogP) is -4.38. The normalized spacial score (nSPS) is 24.2. The van der Waals surface area contributed by atoms with Crippen LogP contribution in [-0.2, 0) is 62.3 Å². The Balaban J connectivity index is 3.95. The average Bonchev–Trinajstić information content (AvgIpc) is 3.65. The van der Waals surface area contributed by atoms with Crippen molar-refractivity contribution in [2.75, 3.05) is 32.1 Å². The Hall–Kier alpha value is -6.61. The molecule has 0 bridgehead atoms. The van der Waals surface area contributed by atoms with Crippen LogP contribution in [0.25, 0.3) is 0 Å². The van der Waals surface area contributed by atoms with Crippen LogP contribution in [0.5, 0.6) is 0 Å². The van der Waals surface area contributed by atoms with E-state index in [2.05, 4.69) is 44.1 Å². The van der Waals surface area contributed by atoms with Crippen LogP contribution < -0.4 is 65.1 Å². The standard InChI is InChI=1S/C53H91ClN12O19/c1-4-6-7-8-9-10-11-12-13-14-15-18-30(68)25-38(70)58-36-28-85-53(84)41(37(69)27-54)65-51(81)42(43(73)52(82)83)66-44(74)31(5-2)59-50(80)40(29(3)67)64-47(77)34(21-24-57)61-45(75)32(19-16-17-22-55)60-48(78)35(26-39(71)72)63-46(76)33(20-23-56)62-49(36)79/h5,29-30,32-37,40-43,67-69,73H,4,6-28,55-57H2,1-3H3,(H,58,70)(H,59,80)(H,60,78)(H,61,75)(H,62,79)(H,63,76)(H,64,77)(H,65,81)(H,66,74)(H,71,72)(H,82,83)/b31-5+/t29-,30-,32-,33+,34-,35-,36-,37+,40-,41-,42-,43-/m0/s1. The third-order valence-corrected chi connectivity index (χ3v) is 13.8. The highest BCUT2D eigenvalue weighted by Gasteiger charge is 2.41. The molecule has 0 saturated carbocycles. The maximum atomic E-state index is 14.2. The van der Waals surface area contributed by atoms with Crippen molar-refractivity contribution in [3.63, 3.8) is 0 Å². The van der Waals surface area contributed by atoms with Crippen molar-refractivity contribution in [1.29, 1.82) is 0 Å². The summed E-state index contributed by atoms with van der Waals surface area (Å²) in [6, 6.07) is -15.8. The Kier molecular flexibility index (Phi) is 38.0. The molecule has 9 amide bonds. The third kappa shape index (κ3) is 29.4. The summed E-state index contributed by atoms with van der Waals surface area (Å²) in [6.45, 7) is 2.65. The maximum absolute atomic E-state index is 14.2. The van der Waals surface area contributed by atoms with Gasteiger partial charge in [0, 0.05) is 0 Å². The molecule has 32 heteroatoms. The van der Waals surface area contributed by atoms with E-state index in [1.54, 1.807) is 0 Å². The van der Waals surface area contributed by atoms with Gasteiger partial charge in [-0.3, -0.25) is 47.9 Å². The van der Waals surface area contributed by atoms with Crippen molar-refractivity contribution in [1.82, 2.24) is 47.9 Å². The molecule has 0 spiro atoms. The third-order valence-electron chi connectivity index (χ3n) is 13.5. The largest absolute Gasteiger partial charge is 0.481 e. The molecular formula is C53H91ClN12O19. The van der Waals surface area contributed by atoms with E-state index in [0.29, 0.717) is 12.8 Å². The summed E-state index contributed by atoms with van der Waals surface area (Å²) in [5.74, 6) is -17.8. The monoisotopic (exact) mass is 1230 g/mol. The van der Waals surface area contributed by atoms with Gasteiger partial charge in [-0.05, 0) is 72.0 Å². The molecule has 0 aromatic carbocycles.